The van der Waals surface area contributed by atoms with Gasteiger partial charge in [0.2, 0.25) is 0 Å². The molecule has 1 nitrogen and oxygen atoms in total. The lowest BCUT2D eigenvalue weighted by Gasteiger charge is -2.17. The average molecular weight is 217 g/mol. The van der Waals surface area contributed by atoms with E-state index < -0.39 is 0 Å². The van der Waals surface area contributed by atoms with Gasteiger partial charge in [-0.05, 0) is 49.3 Å². The first-order valence-electron chi connectivity index (χ1n) is 6.68. The maximum absolute atomic E-state index is 3.60. The van der Waals surface area contributed by atoms with E-state index in [2.05, 4.69) is 43.4 Å². The highest BCUT2D eigenvalue weighted by Gasteiger charge is 2.23. The van der Waals surface area contributed by atoms with Gasteiger partial charge in [0.05, 0.1) is 0 Å². The second kappa shape index (κ2) is 5.49. The lowest BCUT2D eigenvalue weighted by atomic mass is 10.0. The van der Waals surface area contributed by atoms with E-state index in [0.29, 0.717) is 6.04 Å². The molecule has 1 saturated carbocycles. The van der Waals surface area contributed by atoms with Crippen LogP contribution < -0.4 is 5.32 Å². The molecule has 16 heavy (non-hydrogen) atoms. The normalized spacial score (nSPS) is 17.4. The highest BCUT2D eigenvalue weighted by atomic mass is 14.9. The Bertz CT molecular complexity index is 311. The molecule has 1 unspecified atom stereocenters. The van der Waals surface area contributed by atoms with Gasteiger partial charge in [0.1, 0.15) is 0 Å². The summed E-state index contributed by atoms with van der Waals surface area (Å²) in [5, 5.41) is 3.60. The Morgan fingerprint density at radius 1 is 1.19 bits per heavy atom. The Hall–Kier alpha value is -0.820. The molecule has 0 aliphatic heterocycles. The van der Waals surface area contributed by atoms with Crippen LogP contribution in [-0.2, 0) is 0 Å². The van der Waals surface area contributed by atoms with Gasteiger partial charge in [-0.3, -0.25) is 0 Å². The van der Waals surface area contributed by atoms with Gasteiger partial charge < -0.3 is 5.32 Å². The Morgan fingerprint density at radius 3 is 2.38 bits per heavy atom. The second-order valence-electron chi connectivity index (χ2n) is 4.86. The van der Waals surface area contributed by atoms with Crippen molar-refractivity contribution in [2.75, 3.05) is 6.54 Å². The minimum atomic E-state index is 0.535. The van der Waals surface area contributed by atoms with Gasteiger partial charge in [-0.2, -0.15) is 0 Å². The zero-order valence-corrected chi connectivity index (χ0v) is 10.5. The molecule has 1 atom stereocenters. The van der Waals surface area contributed by atoms with Crippen molar-refractivity contribution >= 4 is 0 Å². The molecular weight excluding hydrogens is 194 g/mol. The molecule has 1 fully saturated rings. The standard InChI is InChI=1S/C15H23N/c1-3-11-16-15(4-2)14-9-7-13(8-10-14)12-5-6-12/h7-10,12,15-16H,3-6,11H2,1-2H3. The van der Waals surface area contributed by atoms with Gasteiger partial charge in [-0.15, -0.1) is 0 Å². The third-order valence-electron chi connectivity index (χ3n) is 3.44. The van der Waals surface area contributed by atoms with Crippen molar-refractivity contribution in [2.45, 2.75) is 51.5 Å². The molecule has 0 bridgehead atoms. The number of benzene rings is 1. The summed E-state index contributed by atoms with van der Waals surface area (Å²) in [7, 11) is 0. The molecule has 1 aromatic carbocycles. The Morgan fingerprint density at radius 2 is 1.88 bits per heavy atom. The van der Waals surface area contributed by atoms with Gasteiger partial charge in [0.15, 0.2) is 0 Å². The maximum Gasteiger partial charge on any atom is 0.0317 e. The highest BCUT2D eigenvalue weighted by Crippen LogP contribution is 2.40. The Balaban J connectivity index is 2.00. The van der Waals surface area contributed by atoms with Crippen LogP contribution in [0.25, 0.3) is 0 Å². The third-order valence-corrected chi connectivity index (χ3v) is 3.44. The largest absolute Gasteiger partial charge is 0.310 e. The minimum absolute atomic E-state index is 0.535. The first-order valence-corrected chi connectivity index (χ1v) is 6.68. The van der Waals surface area contributed by atoms with Crippen molar-refractivity contribution in [1.82, 2.24) is 5.32 Å². The molecule has 1 N–H and O–H groups in total. The predicted octanol–water partition coefficient (Wildman–Crippen LogP) is 4.01. The van der Waals surface area contributed by atoms with Crippen molar-refractivity contribution < 1.29 is 0 Å². The van der Waals surface area contributed by atoms with Crippen LogP contribution in [0.4, 0.5) is 0 Å². The number of hydrogen-bond acceptors (Lipinski definition) is 1. The van der Waals surface area contributed by atoms with E-state index in [1.54, 1.807) is 0 Å². The molecule has 2 rings (SSSR count). The molecule has 1 aliphatic carbocycles. The molecule has 1 aromatic rings. The minimum Gasteiger partial charge on any atom is -0.310 e. The maximum atomic E-state index is 3.60. The molecule has 0 amide bonds. The van der Waals surface area contributed by atoms with Crippen molar-refractivity contribution in [3.05, 3.63) is 35.4 Å². The summed E-state index contributed by atoms with van der Waals surface area (Å²) in [5.41, 5.74) is 2.98. The molecule has 0 spiro atoms. The van der Waals surface area contributed by atoms with E-state index in [1.807, 2.05) is 0 Å². The van der Waals surface area contributed by atoms with Crippen LogP contribution in [0.5, 0.6) is 0 Å². The Labute approximate surface area is 99.3 Å². The number of hydrogen-bond donors (Lipinski definition) is 1. The van der Waals surface area contributed by atoms with Crippen LogP contribution in [0, 0.1) is 0 Å². The Kier molecular flexibility index (Phi) is 4.00. The van der Waals surface area contributed by atoms with Crippen LogP contribution in [0.3, 0.4) is 0 Å². The van der Waals surface area contributed by atoms with E-state index in [9.17, 15) is 0 Å². The van der Waals surface area contributed by atoms with Gasteiger partial charge in [-0.25, -0.2) is 0 Å². The second-order valence-corrected chi connectivity index (χ2v) is 4.86. The summed E-state index contributed by atoms with van der Waals surface area (Å²) < 4.78 is 0. The van der Waals surface area contributed by atoms with Gasteiger partial charge in [-0.1, -0.05) is 38.1 Å². The fourth-order valence-electron chi connectivity index (χ4n) is 2.23. The summed E-state index contributed by atoms with van der Waals surface area (Å²) in [6.07, 6.45) is 5.16. The van der Waals surface area contributed by atoms with Crippen LogP contribution in [0.2, 0.25) is 0 Å². The molecule has 0 radical (unpaired) electrons. The predicted molar refractivity (Wildman–Crippen MR) is 69.7 cm³/mol. The van der Waals surface area contributed by atoms with Crippen LogP contribution in [0.1, 0.15) is 62.6 Å². The highest BCUT2D eigenvalue weighted by molar-refractivity contribution is 5.29. The lowest BCUT2D eigenvalue weighted by molar-refractivity contribution is 0.518. The number of nitrogens with one attached hydrogen (secondary N) is 1. The monoisotopic (exact) mass is 217 g/mol. The molecule has 0 aromatic heterocycles. The zero-order chi connectivity index (χ0) is 11.4. The SMILES string of the molecule is CCCNC(CC)c1ccc(C2CC2)cc1. The number of rotatable bonds is 6. The summed E-state index contributed by atoms with van der Waals surface area (Å²) in [6, 6.07) is 9.80. The summed E-state index contributed by atoms with van der Waals surface area (Å²) in [6.45, 7) is 5.58. The van der Waals surface area contributed by atoms with E-state index in [0.717, 1.165) is 12.5 Å². The van der Waals surface area contributed by atoms with Crippen LogP contribution in [0.15, 0.2) is 24.3 Å². The van der Waals surface area contributed by atoms with Crippen molar-refractivity contribution in [2.24, 2.45) is 0 Å². The fourth-order valence-corrected chi connectivity index (χ4v) is 2.23. The summed E-state index contributed by atoms with van der Waals surface area (Å²) in [5.74, 6) is 0.873. The molecule has 0 saturated heterocycles. The van der Waals surface area contributed by atoms with Crippen molar-refractivity contribution in [1.29, 1.82) is 0 Å². The first-order chi connectivity index (χ1) is 7.85. The van der Waals surface area contributed by atoms with Gasteiger partial charge in [0.25, 0.3) is 0 Å². The summed E-state index contributed by atoms with van der Waals surface area (Å²) in [4.78, 5) is 0. The van der Waals surface area contributed by atoms with Crippen LogP contribution in [-0.4, -0.2) is 6.54 Å². The average Bonchev–Trinajstić information content (AvgIpc) is 3.15. The zero-order valence-electron chi connectivity index (χ0n) is 10.5. The topological polar surface area (TPSA) is 12.0 Å². The fraction of sp³-hybridized carbons (Fsp3) is 0.600. The molecule has 1 aliphatic rings. The lowest BCUT2D eigenvalue weighted by Crippen LogP contribution is -2.21. The van der Waals surface area contributed by atoms with E-state index >= 15 is 0 Å². The third kappa shape index (κ3) is 2.85. The van der Waals surface area contributed by atoms with Gasteiger partial charge in [0, 0.05) is 6.04 Å². The molecular formula is C15H23N. The summed E-state index contributed by atoms with van der Waals surface area (Å²) >= 11 is 0. The van der Waals surface area contributed by atoms with E-state index in [1.165, 1.54) is 36.8 Å². The quantitative estimate of drug-likeness (QED) is 0.759. The molecule has 88 valence electrons. The van der Waals surface area contributed by atoms with E-state index in [4.69, 9.17) is 0 Å². The molecule has 1 heteroatoms. The first kappa shape index (κ1) is 11.7. The van der Waals surface area contributed by atoms with Crippen molar-refractivity contribution in [3.8, 4) is 0 Å². The smallest absolute Gasteiger partial charge is 0.0317 e. The van der Waals surface area contributed by atoms with Crippen molar-refractivity contribution in [3.63, 3.8) is 0 Å². The van der Waals surface area contributed by atoms with Gasteiger partial charge >= 0.3 is 0 Å². The van der Waals surface area contributed by atoms with Crippen LogP contribution >= 0.6 is 0 Å². The van der Waals surface area contributed by atoms with E-state index in [-0.39, 0.29) is 0 Å². The molecule has 0 heterocycles.